The van der Waals surface area contributed by atoms with Crippen LogP contribution in [0.3, 0.4) is 0 Å². The number of nitrogens with zero attached hydrogens (tertiary/aromatic N) is 4. The Kier molecular flexibility index (Phi) is 6.38. The number of nitro benzene ring substituents is 1. The summed E-state index contributed by atoms with van der Waals surface area (Å²) in [7, 11) is 1.80. The minimum Gasteiger partial charge on any atom is -0.382 e. The summed E-state index contributed by atoms with van der Waals surface area (Å²) in [6.07, 6.45) is 1.57. The van der Waals surface area contributed by atoms with Gasteiger partial charge in [-0.15, -0.1) is 10.2 Å². The number of carbonyl (C=O) groups excluding carboxylic acids is 1. The van der Waals surface area contributed by atoms with Crippen LogP contribution in [-0.2, 0) is 11.8 Å². The van der Waals surface area contributed by atoms with Gasteiger partial charge in [-0.1, -0.05) is 23.4 Å². The standard InChI is InChI=1S/C13H15ClN6O3S/c1-19-8-17-18-13(19)24-7-12(21)16-5-4-15-11-3-2-9(20(22)23)6-10(11)14/h2-3,6,8,15H,4-5,7H2,1H3,(H,16,21). The summed E-state index contributed by atoms with van der Waals surface area (Å²) in [5.74, 6) is 0.116. The summed E-state index contributed by atoms with van der Waals surface area (Å²) < 4.78 is 1.73. The molecule has 0 atom stereocenters. The largest absolute Gasteiger partial charge is 0.382 e. The summed E-state index contributed by atoms with van der Waals surface area (Å²) >= 11 is 7.26. The predicted molar refractivity (Wildman–Crippen MR) is 91.3 cm³/mol. The number of hydrogen-bond donors (Lipinski definition) is 2. The van der Waals surface area contributed by atoms with Crippen LogP contribution in [-0.4, -0.2) is 44.4 Å². The van der Waals surface area contributed by atoms with Crippen molar-refractivity contribution in [1.29, 1.82) is 0 Å². The second-order valence-electron chi connectivity index (χ2n) is 4.71. The van der Waals surface area contributed by atoms with E-state index in [0.717, 1.165) is 0 Å². The Morgan fingerprint density at radius 3 is 2.88 bits per heavy atom. The third-order valence-corrected chi connectivity index (χ3v) is 4.28. The molecule has 0 saturated carbocycles. The molecule has 0 aliphatic heterocycles. The normalized spacial score (nSPS) is 10.4. The van der Waals surface area contributed by atoms with E-state index in [1.165, 1.54) is 30.0 Å². The van der Waals surface area contributed by atoms with Crippen LogP contribution >= 0.6 is 23.4 Å². The lowest BCUT2D eigenvalue weighted by Gasteiger charge is -2.09. The third kappa shape index (κ3) is 5.10. The fourth-order valence-electron chi connectivity index (χ4n) is 1.74. The predicted octanol–water partition coefficient (Wildman–Crippen LogP) is 1.70. The van der Waals surface area contributed by atoms with E-state index < -0.39 is 4.92 Å². The Balaban J connectivity index is 1.70. The zero-order chi connectivity index (χ0) is 17.5. The third-order valence-electron chi connectivity index (χ3n) is 2.93. The molecule has 128 valence electrons. The maximum Gasteiger partial charge on any atom is 0.271 e. The van der Waals surface area contributed by atoms with E-state index >= 15 is 0 Å². The number of carbonyl (C=O) groups is 1. The van der Waals surface area contributed by atoms with Gasteiger partial charge in [0.1, 0.15) is 6.33 Å². The smallest absolute Gasteiger partial charge is 0.271 e. The van der Waals surface area contributed by atoms with Crippen molar-refractivity contribution in [2.24, 2.45) is 7.05 Å². The number of hydrogen-bond acceptors (Lipinski definition) is 7. The molecule has 0 aliphatic rings. The summed E-state index contributed by atoms with van der Waals surface area (Å²) in [5.41, 5.74) is 0.504. The van der Waals surface area contributed by atoms with Gasteiger partial charge in [0.05, 0.1) is 21.4 Å². The number of nitrogens with one attached hydrogen (secondary N) is 2. The molecule has 1 amide bonds. The van der Waals surface area contributed by atoms with E-state index in [9.17, 15) is 14.9 Å². The molecule has 2 N–H and O–H groups in total. The van der Waals surface area contributed by atoms with Gasteiger partial charge in [-0.25, -0.2) is 0 Å². The van der Waals surface area contributed by atoms with Gasteiger partial charge in [-0.05, 0) is 6.07 Å². The monoisotopic (exact) mass is 370 g/mol. The van der Waals surface area contributed by atoms with E-state index in [4.69, 9.17) is 11.6 Å². The van der Waals surface area contributed by atoms with Crippen LogP contribution in [0.4, 0.5) is 11.4 Å². The Morgan fingerprint density at radius 2 is 2.25 bits per heavy atom. The van der Waals surface area contributed by atoms with Crippen LogP contribution in [0.15, 0.2) is 29.7 Å². The zero-order valence-corrected chi connectivity index (χ0v) is 14.3. The number of halogens is 1. The second kappa shape index (κ2) is 8.50. The Bertz CT molecular complexity index is 738. The molecular weight excluding hydrogens is 356 g/mol. The Morgan fingerprint density at radius 1 is 1.46 bits per heavy atom. The number of amides is 1. The zero-order valence-electron chi connectivity index (χ0n) is 12.7. The van der Waals surface area contributed by atoms with Gasteiger partial charge in [0, 0.05) is 32.3 Å². The SMILES string of the molecule is Cn1cnnc1SCC(=O)NCCNc1ccc([N+](=O)[O-])cc1Cl. The van der Waals surface area contributed by atoms with Crippen molar-refractivity contribution in [3.63, 3.8) is 0 Å². The molecule has 0 radical (unpaired) electrons. The highest BCUT2D eigenvalue weighted by molar-refractivity contribution is 7.99. The van der Waals surface area contributed by atoms with Crippen LogP contribution < -0.4 is 10.6 Å². The molecule has 0 bridgehead atoms. The minimum absolute atomic E-state index is 0.0698. The first-order valence-electron chi connectivity index (χ1n) is 6.88. The van der Waals surface area contributed by atoms with Crippen molar-refractivity contribution < 1.29 is 9.72 Å². The molecule has 9 nitrogen and oxygen atoms in total. The van der Waals surface area contributed by atoms with Gasteiger partial charge in [0.2, 0.25) is 5.91 Å². The van der Waals surface area contributed by atoms with Gasteiger partial charge in [-0.2, -0.15) is 0 Å². The fourth-order valence-corrected chi connectivity index (χ4v) is 2.70. The minimum atomic E-state index is -0.509. The van der Waals surface area contributed by atoms with E-state index in [1.807, 2.05) is 0 Å². The molecule has 24 heavy (non-hydrogen) atoms. The first kappa shape index (κ1) is 18.0. The first-order chi connectivity index (χ1) is 11.5. The van der Waals surface area contributed by atoms with Crippen LogP contribution in [0.25, 0.3) is 0 Å². The van der Waals surface area contributed by atoms with E-state index in [2.05, 4.69) is 20.8 Å². The van der Waals surface area contributed by atoms with Crippen LogP contribution in [0.1, 0.15) is 0 Å². The van der Waals surface area contributed by atoms with Gasteiger partial charge in [-0.3, -0.25) is 14.9 Å². The molecule has 2 rings (SSSR count). The van der Waals surface area contributed by atoms with Crippen molar-refractivity contribution in [2.75, 3.05) is 24.2 Å². The second-order valence-corrected chi connectivity index (χ2v) is 6.06. The summed E-state index contributed by atoms with van der Waals surface area (Å²) in [4.78, 5) is 21.9. The van der Waals surface area contributed by atoms with Crippen molar-refractivity contribution in [3.05, 3.63) is 39.7 Å². The molecule has 1 aromatic carbocycles. The van der Waals surface area contributed by atoms with E-state index in [0.29, 0.717) is 23.9 Å². The fraction of sp³-hybridized carbons (Fsp3) is 0.308. The lowest BCUT2D eigenvalue weighted by molar-refractivity contribution is -0.384. The van der Waals surface area contributed by atoms with Crippen molar-refractivity contribution >= 4 is 40.6 Å². The summed E-state index contributed by atoms with van der Waals surface area (Å²) in [6.45, 7) is 0.837. The maximum atomic E-state index is 11.7. The molecule has 0 spiro atoms. The average molecular weight is 371 g/mol. The van der Waals surface area contributed by atoms with Crippen LogP contribution in [0.2, 0.25) is 5.02 Å². The summed E-state index contributed by atoms with van der Waals surface area (Å²) in [6, 6.07) is 4.18. The van der Waals surface area contributed by atoms with Crippen molar-refractivity contribution in [3.8, 4) is 0 Å². The van der Waals surface area contributed by atoms with Gasteiger partial charge in [0.15, 0.2) is 5.16 Å². The molecule has 11 heteroatoms. The molecule has 2 aromatic rings. The number of rotatable bonds is 8. The highest BCUT2D eigenvalue weighted by atomic mass is 35.5. The molecular formula is C13H15ClN6O3S. The average Bonchev–Trinajstić information content (AvgIpc) is 2.95. The van der Waals surface area contributed by atoms with Crippen LogP contribution in [0.5, 0.6) is 0 Å². The molecule has 1 heterocycles. The number of nitro groups is 1. The quantitative estimate of drug-likeness (QED) is 0.314. The highest BCUT2D eigenvalue weighted by Crippen LogP contribution is 2.26. The molecule has 0 saturated heterocycles. The maximum absolute atomic E-state index is 11.7. The van der Waals surface area contributed by atoms with Crippen molar-refractivity contribution in [2.45, 2.75) is 5.16 Å². The lowest BCUT2D eigenvalue weighted by atomic mass is 10.3. The lowest BCUT2D eigenvalue weighted by Crippen LogP contribution is -2.30. The number of non-ortho nitro benzene ring substituents is 1. The van der Waals surface area contributed by atoms with Crippen LogP contribution in [0, 0.1) is 10.1 Å². The van der Waals surface area contributed by atoms with E-state index in [1.54, 1.807) is 17.9 Å². The molecule has 0 unspecified atom stereocenters. The van der Waals surface area contributed by atoms with Gasteiger partial charge < -0.3 is 15.2 Å². The number of aryl methyl sites for hydroxylation is 1. The Hall–Kier alpha value is -2.33. The number of thioether (sulfide) groups is 1. The molecule has 1 aromatic heterocycles. The molecule has 0 fully saturated rings. The van der Waals surface area contributed by atoms with Gasteiger partial charge in [0.25, 0.3) is 5.69 Å². The van der Waals surface area contributed by atoms with Crippen molar-refractivity contribution in [1.82, 2.24) is 20.1 Å². The summed E-state index contributed by atoms with van der Waals surface area (Å²) in [5, 5.41) is 24.9. The number of aromatic nitrogens is 3. The topological polar surface area (TPSA) is 115 Å². The molecule has 0 aliphatic carbocycles. The van der Waals surface area contributed by atoms with Gasteiger partial charge >= 0.3 is 0 Å². The van der Waals surface area contributed by atoms with E-state index in [-0.39, 0.29) is 22.4 Å². The number of anilines is 1. The Labute approximate surface area is 146 Å². The first-order valence-corrected chi connectivity index (χ1v) is 8.25. The number of benzene rings is 1. The highest BCUT2D eigenvalue weighted by Gasteiger charge is 2.09.